The molecular formula is C28H31FN2O3S2. The van der Waals surface area contributed by atoms with Crippen LogP contribution in [-0.2, 0) is 21.2 Å². The second kappa shape index (κ2) is 10.4. The summed E-state index contributed by atoms with van der Waals surface area (Å²) in [4.78, 5) is 17.1. The summed E-state index contributed by atoms with van der Waals surface area (Å²) in [6.45, 7) is 2.37. The Morgan fingerprint density at radius 3 is 2.47 bits per heavy atom. The van der Waals surface area contributed by atoms with E-state index in [-0.39, 0.29) is 29.4 Å². The summed E-state index contributed by atoms with van der Waals surface area (Å²) >= 11 is 1.71. The van der Waals surface area contributed by atoms with Crippen LogP contribution in [0.1, 0.15) is 59.7 Å². The molecule has 1 saturated carbocycles. The van der Waals surface area contributed by atoms with Crippen LogP contribution in [0.2, 0.25) is 0 Å². The average molecular weight is 527 g/mol. The van der Waals surface area contributed by atoms with E-state index in [1.54, 1.807) is 11.3 Å². The van der Waals surface area contributed by atoms with Crippen molar-refractivity contribution in [3.05, 3.63) is 87.4 Å². The van der Waals surface area contributed by atoms with Crippen molar-refractivity contribution in [2.24, 2.45) is 0 Å². The summed E-state index contributed by atoms with van der Waals surface area (Å²) in [7, 11) is -3.97. The summed E-state index contributed by atoms with van der Waals surface area (Å²) in [6, 6.07) is 14.6. The monoisotopic (exact) mass is 526 g/mol. The number of sulfonamides is 1. The number of nitrogens with zero attached hydrogens (tertiary/aromatic N) is 2. The molecule has 190 valence electrons. The van der Waals surface area contributed by atoms with E-state index in [9.17, 15) is 17.6 Å². The molecule has 3 aromatic rings. The van der Waals surface area contributed by atoms with Crippen LogP contribution in [0.15, 0.2) is 64.9 Å². The lowest BCUT2D eigenvalue weighted by atomic mass is 9.90. The number of thiophene rings is 1. The minimum Gasteiger partial charge on any atom is -0.330 e. The van der Waals surface area contributed by atoms with Crippen molar-refractivity contribution < 1.29 is 17.6 Å². The Labute approximate surface area is 216 Å². The molecule has 2 heterocycles. The van der Waals surface area contributed by atoms with Crippen molar-refractivity contribution in [2.45, 2.75) is 62.4 Å². The zero-order valence-corrected chi connectivity index (χ0v) is 22.0. The standard InChI is InChI=1S/C28H31FN2O3S2/c1-20-7-5-6-10-24(20)28-25-16-18-35-26(25)15-17-30(28)27(32)19-31(22-8-3-2-4-9-22)36(33,34)23-13-11-21(29)12-14-23/h5-7,10-14,16,18,22,28H,2-4,8-9,15,17,19H2,1H3. The number of rotatable bonds is 6. The normalized spacial score (nSPS) is 18.9. The van der Waals surface area contributed by atoms with Gasteiger partial charge in [0.15, 0.2) is 0 Å². The molecule has 0 saturated heterocycles. The number of amides is 1. The summed E-state index contributed by atoms with van der Waals surface area (Å²) in [5.41, 5.74) is 3.29. The van der Waals surface area contributed by atoms with E-state index in [0.29, 0.717) is 6.54 Å². The largest absolute Gasteiger partial charge is 0.330 e. The van der Waals surface area contributed by atoms with Crippen molar-refractivity contribution in [3.63, 3.8) is 0 Å². The number of benzene rings is 2. The summed E-state index contributed by atoms with van der Waals surface area (Å²) in [6.07, 6.45) is 5.14. The van der Waals surface area contributed by atoms with Gasteiger partial charge in [-0.1, -0.05) is 43.5 Å². The zero-order valence-electron chi connectivity index (χ0n) is 20.4. The highest BCUT2D eigenvalue weighted by Crippen LogP contribution is 2.39. The van der Waals surface area contributed by atoms with Gasteiger partial charge in [-0.15, -0.1) is 11.3 Å². The topological polar surface area (TPSA) is 57.7 Å². The number of hydrogen-bond donors (Lipinski definition) is 0. The lowest BCUT2D eigenvalue weighted by molar-refractivity contribution is -0.134. The molecule has 0 bridgehead atoms. The molecule has 1 fully saturated rings. The van der Waals surface area contributed by atoms with Crippen molar-refractivity contribution >= 4 is 27.3 Å². The quantitative estimate of drug-likeness (QED) is 0.414. The molecule has 1 amide bonds. The molecule has 8 heteroatoms. The van der Waals surface area contributed by atoms with Crippen LogP contribution in [0, 0.1) is 12.7 Å². The molecule has 36 heavy (non-hydrogen) atoms. The maximum Gasteiger partial charge on any atom is 0.243 e. The molecule has 0 radical (unpaired) electrons. The first-order chi connectivity index (χ1) is 17.4. The maximum atomic E-state index is 14.0. The average Bonchev–Trinajstić information content (AvgIpc) is 3.37. The van der Waals surface area contributed by atoms with Gasteiger partial charge in [0.1, 0.15) is 5.82 Å². The summed E-state index contributed by atoms with van der Waals surface area (Å²) in [5, 5.41) is 2.07. The fourth-order valence-electron chi connectivity index (χ4n) is 5.56. The first-order valence-corrected chi connectivity index (χ1v) is 14.9. The van der Waals surface area contributed by atoms with E-state index in [1.165, 1.54) is 21.3 Å². The van der Waals surface area contributed by atoms with Crippen LogP contribution in [0.3, 0.4) is 0 Å². The fraction of sp³-hybridized carbons (Fsp3) is 0.393. The van der Waals surface area contributed by atoms with E-state index in [0.717, 1.165) is 67.3 Å². The van der Waals surface area contributed by atoms with E-state index < -0.39 is 15.8 Å². The highest BCUT2D eigenvalue weighted by molar-refractivity contribution is 7.89. The van der Waals surface area contributed by atoms with Gasteiger partial charge in [-0.05, 0) is 78.6 Å². The molecule has 2 aliphatic rings. The van der Waals surface area contributed by atoms with E-state index >= 15 is 0 Å². The minimum absolute atomic E-state index is 0.0245. The number of carbonyl (C=O) groups is 1. The lowest BCUT2D eigenvalue weighted by Gasteiger charge is -2.39. The molecule has 1 aliphatic heterocycles. The smallest absolute Gasteiger partial charge is 0.243 e. The third kappa shape index (κ3) is 4.86. The van der Waals surface area contributed by atoms with E-state index in [1.807, 2.05) is 30.0 Å². The minimum atomic E-state index is -3.97. The van der Waals surface area contributed by atoms with Crippen molar-refractivity contribution in [2.75, 3.05) is 13.1 Å². The maximum absolute atomic E-state index is 14.0. The Balaban J connectivity index is 1.50. The SMILES string of the molecule is Cc1ccccc1C1c2ccsc2CCN1C(=O)CN(C1CCCCC1)S(=O)(=O)c1ccc(F)cc1. The first kappa shape index (κ1) is 25.1. The Kier molecular flexibility index (Phi) is 7.28. The summed E-state index contributed by atoms with van der Waals surface area (Å²) < 4.78 is 42.5. The van der Waals surface area contributed by atoms with Gasteiger partial charge in [0, 0.05) is 17.5 Å². The second-order valence-corrected chi connectivity index (χ2v) is 12.6. The predicted octanol–water partition coefficient (Wildman–Crippen LogP) is 5.69. The van der Waals surface area contributed by atoms with Gasteiger partial charge in [0.25, 0.3) is 0 Å². The van der Waals surface area contributed by atoms with Gasteiger partial charge in [-0.2, -0.15) is 4.31 Å². The van der Waals surface area contributed by atoms with Crippen LogP contribution < -0.4 is 0 Å². The number of halogens is 1. The van der Waals surface area contributed by atoms with Gasteiger partial charge < -0.3 is 4.90 Å². The fourth-order valence-corrected chi connectivity index (χ4v) is 8.10. The Morgan fingerprint density at radius 1 is 1.03 bits per heavy atom. The van der Waals surface area contributed by atoms with Crippen LogP contribution >= 0.6 is 11.3 Å². The van der Waals surface area contributed by atoms with E-state index in [2.05, 4.69) is 17.5 Å². The van der Waals surface area contributed by atoms with Crippen LogP contribution in [0.4, 0.5) is 4.39 Å². The molecule has 5 nitrogen and oxygen atoms in total. The lowest BCUT2D eigenvalue weighted by Crippen LogP contribution is -2.50. The van der Waals surface area contributed by atoms with Gasteiger partial charge in [0.05, 0.1) is 17.5 Å². The molecular weight excluding hydrogens is 495 g/mol. The van der Waals surface area contributed by atoms with Crippen LogP contribution in [0.25, 0.3) is 0 Å². The van der Waals surface area contributed by atoms with Gasteiger partial charge in [-0.3, -0.25) is 4.79 Å². The predicted molar refractivity (Wildman–Crippen MR) is 140 cm³/mol. The van der Waals surface area contributed by atoms with Crippen molar-refractivity contribution in [1.29, 1.82) is 0 Å². The molecule has 0 N–H and O–H groups in total. The number of hydrogen-bond acceptors (Lipinski definition) is 4. The third-order valence-electron chi connectivity index (χ3n) is 7.46. The molecule has 5 rings (SSSR count). The van der Waals surface area contributed by atoms with Gasteiger partial charge in [-0.25, -0.2) is 12.8 Å². The van der Waals surface area contributed by atoms with Crippen LogP contribution in [-0.4, -0.2) is 42.7 Å². The van der Waals surface area contributed by atoms with Crippen molar-refractivity contribution in [3.8, 4) is 0 Å². The Bertz CT molecular complexity index is 1330. The molecule has 1 atom stereocenters. The van der Waals surface area contributed by atoms with Gasteiger partial charge >= 0.3 is 0 Å². The van der Waals surface area contributed by atoms with Crippen LogP contribution in [0.5, 0.6) is 0 Å². The second-order valence-electron chi connectivity index (χ2n) is 9.69. The Hall–Kier alpha value is -2.55. The highest BCUT2D eigenvalue weighted by atomic mass is 32.2. The first-order valence-electron chi connectivity index (χ1n) is 12.5. The molecule has 1 unspecified atom stereocenters. The third-order valence-corrected chi connectivity index (χ3v) is 10.4. The zero-order chi connectivity index (χ0) is 25.3. The molecule has 2 aromatic carbocycles. The molecule has 1 aromatic heterocycles. The van der Waals surface area contributed by atoms with Crippen molar-refractivity contribution in [1.82, 2.24) is 9.21 Å². The summed E-state index contributed by atoms with van der Waals surface area (Å²) in [5.74, 6) is -0.688. The highest BCUT2D eigenvalue weighted by Gasteiger charge is 2.38. The molecule has 0 spiro atoms. The van der Waals surface area contributed by atoms with Gasteiger partial charge in [0.2, 0.25) is 15.9 Å². The Morgan fingerprint density at radius 2 is 1.75 bits per heavy atom. The molecule has 1 aliphatic carbocycles. The number of carbonyl (C=O) groups excluding carboxylic acids is 1. The number of aryl methyl sites for hydroxylation is 1. The number of fused-ring (bicyclic) bond motifs is 1. The van der Waals surface area contributed by atoms with E-state index in [4.69, 9.17) is 0 Å².